The zero-order valence-corrected chi connectivity index (χ0v) is 38.3. The van der Waals surface area contributed by atoms with E-state index in [0.29, 0.717) is 58.5 Å². The van der Waals surface area contributed by atoms with E-state index >= 15 is 8.42 Å². The van der Waals surface area contributed by atoms with Gasteiger partial charge in [-0.1, -0.05) is 24.3 Å². The number of rotatable bonds is 18. The maximum absolute atomic E-state index is 16.0. The summed E-state index contributed by atoms with van der Waals surface area (Å²) in [5, 5.41) is -3.12. The highest BCUT2D eigenvalue weighted by Gasteiger charge is 2.38. The molecule has 0 saturated carbocycles. The Morgan fingerprint density at radius 1 is 0.446 bits per heavy atom. The number of hydrogen-bond donors (Lipinski definition) is 0. The van der Waals surface area contributed by atoms with E-state index in [4.69, 9.17) is 37.9 Å². The van der Waals surface area contributed by atoms with E-state index < -0.39 is 44.0 Å². The number of amides is 4. The van der Waals surface area contributed by atoms with Crippen LogP contribution in [-0.4, -0.2) is 88.9 Å². The number of piperidine rings is 2. The molecule has 4 aromatic rings. The summed E-state index contributed by atoms with van der Waals surface area (Å²) in [6.07, 6.45) is 7.14. The van der Waals surface area contributed by atoms with Crippen molar-refractivity contribution in [3.05, 3.63) is 95.1 Å². The van der Waals surface area contributed by atoms with Crippen LogP contribution in [0.4, 0.5) is 11.4 Å². The number of anilines is 2. The van der Waals surface area contributed by atoms with E-state index in [2.05, 4.69) is 0 Å². The van der Waals surface area contributed by atoms with Gasteiger partial charge in [-0.3, -0.25) is 19.2 Å². The first-order chi connectivity index (χ1) is 31.3. The minimum Gasteiger partial charge on any atom is -0.496 e. The summed E-state index contributed by atoms with van der Waals surface area (Å²) in [5.41, 5.74) is 1.20. The average Bonchev–Trinajstić information content (AvgIpc) is 3.31. The fourth-order valence-corrected chi connectivity index (χ4v) is 9.86. The molecule has 65 heavy (non-hydrogen) atoms. The lowest BCUT2D eigenvalue weighted by molar-refractivity contribution is -0.130. The van der Waals surface area contributed by atoms with Gasteiger partial charge in [0.2, 0.25) is 23.6 Å². The summed E-state index contributed by atoms with van der Waals surface area (Å²) in [6, 6.07) is 15.5. The summed E-state index contributed by atoms with van der Waals surface area (Å²) < 4.78 is 77.0. The van der Waals surface area contributed by atoms with Gasteiger partial charge in [-0.25, -0.2) is 18.2 Å². The van der Waals surface area contributed by atoms with Gasteiger partial charge in [-0.15, -0.1) is 0 Å². The normalized spacial score (nSPS) is 15.6. The van der Waals surface area contributed by atoms with Gasteiger partial charge in [0.25, 0.3) is 0 Å². The average molecular weight is 913 g/mol. The van der Waals surface area contributed by atoms with Gasteiger partial charge in [0.15, 0.2) is 9.84 Å². The molecule has 0 bridgehead atoms. The summed E-state index contributed by atoms with van der Waals surface area (Å²) in [4.78, 5) is 55.5. The molecule has 17 heteroatoms. The first-order valence-corrected chi connectivity index (χ1v) is 22.2. The highest BCUT2D eigenvalue weighted by Crippen LogP contribution is 2.45. The zero-order chi connectivity index (χ0) is 47.0. The molecule has 2 aliphatic heterocycles. The van der Waals surface area contributed by atoms with Crippen LogP contribution in [0.25, 0.3) is 12.2 Å². The number of nitrogens with zero attached hydrogens (tertiary/aromatic N) is 2. The standard InChI is InChI=1S/C48H52N2O14S/c1-57-31-25-39(61-5)33(40(26-31)62-6)17-21-43(29-15-19-37(59-3)35(23-29)49-45(51)11-9-12-46(49)52)65(55,56)44(22-18-34-41(63-7)27-32(58-2)28-42(34)64-8)30-16-20-38(60-4)36(24-30)50-47(53)13-10-14-48(50)54/h15-28,43-44H,9-14H2,1-8H3/b21-17+,22-18+. The van der Waals surface area contributed by atoms with Gasteiger partial charge in [-0.05, 0) is 60.4 Å². The Morgan fingerprint density at radius 2 is 0.754 bits per heavy atom. The largest absolute Gasteiger partial charge is 0.496 e. The van der Waals surface area contributed by atoms with Crippen LogP contribution in [-0.2, 0) is 29.0 Å². The van der Waals surface area contributed by atoms with Crippen molar-refractivity contribution in [3.63, 3.8) is 0 Å². The van der Waals surface area contributed by atoms with Crippen LogP contribution >= 0.6 is 0 Å². The first kappa shape index (κ1) is 47.5. The third-order valence-corrected chi connectivity index (χ3v) is 13.5. The molecule has 0 N–H and O–H groups in total. The SMILES string of the molecule is COc1cc(OC)c(/C=C/C(c2ccc(OC)c(N3C(=O)CCCC3=O)c2)S(=O)(=O)C(/C=C/c2c(OC)cc(OC)cc2OC)c2ccc(OC)c(N3C(=O)CCCC3=O)c2)c(OC)c1. The highest BCUT2D eigenvalue weighted by atomic mass is 32.2. The van der Waals surface area contributed by atoms with Crippen molar-refractivity contribution in [2.45, 2.75) is 49.0 Å². The number of carbonyl (C=O) groups excluding carboxylic acids is 4. The van der Waals surface area contributed by atoms with Crippen LogP contribution in [0.3, 0.4) is 0 Å². The molecule has 2 atom stereocenters. The van der Waals surface area contributed by atoms with E-state index in [9.17, 15) is 19.2 Å². The minimum absolute atomic E-state index is 0.0709. The van der Waals surface area contributed by atoms with Gasteiger partial charge in [0.1, 0.15) is 56.5 Å². The van der Waals surface area contributed by atoms with Crippen LogP contribution in [0.5, 0.6) is 46.0 Å². The van der Waals surface area contributed by atoms with Gasteiger partial charge in [0, 0.05) is 49.9 Å². The molecule has 2 unspecified atom stereocenters. The summed E-state index contributed by atoms with van der Waals surface area (Å²) in [6.45, 7) is 0. The second-order valence-corrected chi connectivity index (χ2v) is 17.0. The molecule has 2 aliphatic rings. The predicted octanol–water partition coefficient (Wildman–Crippen LogP) is 7.47. The quantitative estimate of drug-likeness (QED) is 0.0897. The van der Waals surface area contributed by atoms with E-state index in [-0.39, 0.29) is 59.7 Å². The second-order valence-electron chi connectivity index (χ2n) is 14.9. The fourth-order valence-electron chi connectivity index (χ4n) is 7.90. The smallest absolute Gasteiger partial charge is 0.233 e. The number of ether oxygens (including phenoxy) is 8. The van der Waals surface area contributed by atoms with Crippen LogP contribution in [0, 0.1) is 0 Å². The Hall–Kier alpha value is -7.01. The van der Waals surface area contributed by atoms with Crippen molar-refractivity contribution in [1.29, 1.82) is 0 Å². The van der Waals surface area contributed by atoms with Crippen molar-refractivity contribution in [2.75, 3.05) is 66.7 Å². The molecule has 0 radical (unpaired) electrons. The van der Waals surface area contributed by atoms with Crippen LogP contribution in [0.2, 0.25) is 0 Å². The molecular formula is C48H52N2O14S. The Kier molecular flexibility index (Phi) is 15.1. The highest BCUT2D eigenvalue weighted by molar-refractivity contribution is 7.92. The molecule has 2 heterocycles. The summed E-state index contributed by atoms with van der Waals surface area (Å²) in [5.74, 6) is 0.550. The Bertz CT molecular complexity index is 2380. The molecule has 6 rings (SSSR count). The number of carbonyl (C=O) groups is 4. The molecular weight excluding hydrogens is 861 g/mol. The molecule has 4 amide bonds. The van der Waals surface area contributed by atoms with Gasteiger partial charge >= 0.3 is 0 Å². The molecule has 0 spiro atoms. The molecule has 4 aromatic carbocycles. The number of hydrogen-bond acceptors (Lipinski definition) is 14. The third kappa shape index (κ3) is 9.74. The van der Waals surface area contributed by atoms with Gasteiger partial charge in [0.05, 0.1) is 79.4 Å². The van der Waals surface area contributed by atoms with Crippen molar-refractivity contribution in [1.82, 2.24) is 0 Å². The molecule has 0 aromatic heterocycles. The summed E-state index contributed by atoms with van der Waals surface area (Å²) in [7, 11) is 6.88. The molecule has 0 aliphatic carbocycles. The lowest BCUT2D eigenvalue weighted by Gasteiger charge is -2.29. The van der Waals surface area contributed by atoms with Crippen molar-refractivity contribution < 1.29 is 65.5 Å². The molecule has 2 saturated heterocycles. The number of benzene rings is 4. The maximum atomic E-state index is 16.0. The van der Waals surface area contributed by atoms with Crippen molar-refractivity contribution >= 4 is 57.0 Å². The second kappa shape index (κ2) is 20.7. The zero-order valence-electron chi connectivity index (χ0n) is 37.5. The van der Waals surface area contributed by atoms with Crippen molar-refractivity contribution in [2.24, 2.45) is 0 Å². The van der Waals surface area contributed by atoms with E-state index in [1.54, 1.807) is 36.4 Å². The molecule has 2 fully saturated rings. The Morgan fingerprint density at radius 3 is 1.03 bits per heavy atom. The minimum atomic E-state index is -4.65. The predicted molar refractivity (Wildman–Crippen MR) is 243 cm³/mol. The van der Waals surface area contributed by atoms with Crippen LogP contribution in [0.15, 0.2) is 72.8 Å². The van der Waals surface area contributed by atoms with Crippen LogP contribution in [0.1, 0.15) is 71.3 Å². The lowest BCUT2D eigenvalue weighted by Crippen LogP contribution is -2.40. The monoisotopic (exact) mass is 912 g/mol. The van der Waals surface area contributed by atoms with Gasteiger partial charge < -0.3 is 37.9 Å². The summed E-state index contributed by atoms with van der Waals surface area (Å²) >= 11 is 0. The van der Waals surface area contributed by atoms with E-state index in [1.807, 2.05) is 0 Å². The Balaban J connectivity index is 1.66. The van der Waals surface area contributed by atoms with Crippen LogP contribution < -0.4 is 47.7 Å². The molecule has 344 valence electrons. The number of methoxy groups -OCH3 is 8. The van der Waals surface area contributed by atoms with Crippen molar-refractivity contribution in [3.8, 4) is 46.0 Å². The first-order valence-electron chi connectivity index (χ1n) is 20.5. The maximum Gasteiger partial charge on any atom is 0.233 e. The topological polar surface area (TPSA) is 183 Å². The number of sulfone groups is 1. The number of imide groups is 2. The third-order valence-electron chi connectivity index (χ3n) is 11.2. The van der Waals surface area contributed by atoms with Gasteiger partial charge in [-0.2, -0.15) is 0 Å². The van der Waals surface area contributed by atoms with E-state index in [0.717, 1.165) is 9.80 Å². The van der Waals surface area contributed by atoms with E-state index in [1.165, 1.54) is 105 Å². The Labute approximate surface area is 378 Å². The molecule has 16 nitrogen and oxygen atoms in total. The fraction of sp³-hybridized carbons (Fsp3) is 0.333. The lowest BCUT2D eigenvalue weighted by atomic mass is 10.0.